The Kier molecular flexibility index (Phi) is 9.03. The number of carbonyl (C=O) groups excluding carboxylic acids is 1. The van der Waals surface area contributed by atoms with Crippen LogP contribution in [0.2, 0.25) is 0 Å². The molecule has 0 fully saturated rings. The van der Waals surface area contributed by atoms with E-state index in [0.29, 0.717) is 6.54 Å². The lowest BCUT2D eigenvalue weighted by Gasteiger charge is -1.97. The molecular weight excluding hydrogens is 250 g/mol. The van der Waals surface area contributed by atoms with Gasteiger partial charge in [0, 0.05) is 6.08 Å². The monoisotopic (exact) mass is 275 g/mol. The summed E-state index contributed by atoms with van der Waals surface area (Å²) in [7, 11) is 0. The molecular formula is C17H25NO2. The molecule has 1 N–H and O–H groups in total. The lowest BCUT2D eigenvalue weighted by atomic mass is 10.1. The molecule has 1 rings (SSSR count). The summed E-state index contributed by atoms with van der Waals surface area (Å²) in [6.45, 7) is 2.65. The topological polar surface area (TPSA) is 42.2 Å². The molecule has 1 heterocycles. The summed E-state index contributed by atoms with van der Waals surface area (Å²) in [6.07, 6.45) is 16.5. The second kappa shape index (κ2) is 11.1. The molecule has 0 bridgehead atoms. The third-order valence-electron chi connectivity index (χ3n) is 2.99. The second-order valence-corrected chi connectivity index (χ2v) is 4.79. The molecule has 0 aliphatic rings. The fraction of sp³-hybridized carbons (Fsp3) is 0.471. The fourth-order valence-corrected chi connectivity index (χ4v) is 1.83. The molecule has 0 aromatic carbocycles. The Hall–Kier alpha value is -1.77. The number of hydrogen-bond acceptors (Lipinski definition) is 2. The van der Waals surface area contributed by atoms with E-state index in [-0.39, 0.29) is 5.91 Å². The van der Waals surface area contributed by atoms with Gasteiger partial charge in [0.25, 0.3) is 0 Å². The van der Waals surface area contributed by atoms with E-state index in [9.17, 15) is 4.79 Å². The molecule has 0 aliphatic carbocycles. The minimum Gasteiger partial charge on any atom is -0.467 e. The summed E-state index contributed by atoms with van der Waals surface area (Å²) in [4.78, 5) is 11.5. The third kappa shape index (κ3) is 8.35. The minimum absolute atomic E-state index is 0.103. The first-order valence-electron chi connectivity index (χ1n) is 7.46. The summed E-state index contributed by atoms with van der Waals surface area (Å²) in [5.41, 5.74) is 0. The van der Waals surface area contributed by atoms with Gasteiger partial charge in [-0.1, -0.05) is 50.8 Å². The summed E-state index contributed by atoms with van der Waals surface area (Å²) < 4.78 is 5.13. The molecule has 1 aromatic heterocycles. The number of unbranched alkanes of at least 4 members (excludes halogenated alkanes) is 5. The second-order valence-electron chi connectivity index (χ2n) is 4.79. The quantitative estimate of drug-likeness (QED) is 0.391. The average Bonchev–Trinajstić information content (AvgIpc) is 2.96. The molecule has 0 saturated heterocycles. The van der Waals surface area contributed by atoms with Crippen LogP contribution in [0, 0.1) is 0 Å². The lowest BCUT2D eigenvalue weighted by molar-refractivity contribution is -0.116. The van der Waals surface area contributed by atoms with Gasteiger partial charge in [-0.25, -0.2) is 0 Å². The first kappa shape index (κ1) is 16.3. The van der Waals surface area contributed by atoms with Crippen molar-refractivity contribution in [2.24, 2.45) is 0 Å². The average molecular weight is 275 g/mol. The molecule has 3 nitrogen and oxygen atoms in total. The molecule has 20 heavy (non-hydrogen) atoms. The fourth-order valence-electron chi connectivity index (χ4n) is 1.83. The zero-order valence-corrected chi connectivity index (χ0v) is 12.3. The van der Waals surface area contributed by atoms with Crippen molar-refractivity contribution in [3.8, 4) is 0 Å². The zero-order chi connectivity index (χ0) is 14.5. The standard InChI is InChI=1S/C17H25NO2/c1-2-3-4-5-6-7-8-9-10-13-17(19)18-15-16-12-11-14-20-16/h8-14H,2-7,15H2,1H3,(H,18,19)/b9-8+,13-10+. The number of furan rings is 1. The van der Waals surface area contributed by atoms with Crippen molar-refractivity contribution < 1.29 is 9.21 Å². The number of carbonyl (C=O) groups is 1. The van der Waals surface area contributed by atoms with Crippen LogP contribution in [0.3, 0.4) is 0 Å². The van der Waals surface area contributed by atoms with Gasteiger partial charge in [0.2, 0.25) is 5.91 Å². The van der Waals surface area contributed by atoms with Crippen LogP contribution in [-0.4, -0.2) is 5.91 Å². The van der Waals surface area contributed by atoms with Gasteiger partial charge in [-0.3, -0.25) is 4.79 Å². The van der Waals surface area contributed by atoms with Gasteiger partial charge in [0.05, 0.1) is 12.8 Å². The van der Waals surface area contributed by atoms with Crippen LogP contribution in [0.4, 0.5) is 0 Å². The van der Waals surface area contributed by atoms with Crippen molar-refractivity contribution in [3.05, 3.63) is 48.5 Å². The van der Waals surface area contributed by atoms with Gasteiger partial charge in [-0.15, -0.1) is 0 Å². The van der Waals surface area contributed by atoms with E-state index in [0.717, 1.165) is 12.2 Å². The molecule has 0 radical (unpaired) electrons. The van der Waals surface area contributed by atoms with E-state index in [1.165, 1.54) is 38.2 Å². The number of hydrogen-bond donors (Lipinski definition) is 1. The molecule has 0 aliphatic heterocycles. The van der Waals surface area contributed by atoms with Gasteiger partial charge >= 0.3 is 0 Å². The van der Waals surface area contributed by atoms with Crippen molar-refractivity contribution in [1.29, 1.82) is 0 Å². The first-order valence-corrected chi connectivity index (χ1v) is 7.46. The van der Waals surface area contributed by atoms with E-state index in [1.807, 2.05) is 12.1 Å². The Balaban J connectivity index is 2.03. The predicted octanol–water partition coefficient (Wildman–Crippen LogP) is 4.37. The molecule has 1 amide bonds. The molecule has 1 aromatic rings. The normalized spacial score (nSPS) is 11.4. The molecule has 0 saturated carbocycles. The van der Waals surface area contributed by atoms with E-state index in [2.05, 4.69) is 18.3 Å². The summed E-state index contributed by atoms with van der Waals surface area (Å²) >= 11 is 0. The highest BCUT2D eigenvalue weighted by Gasteiger charge is 1.97. The molecule has 3 heteroatoms. The summed E-state index contributed by atoms with van der Waals surface area (Å²) in [5.74, 6) is 0.656. The Bertz CT molecular complexity index is 405. The van der Waals surface area contributed by atoms with Crippen molar-refractivity contribution in [2.45, 2.75) is 52.0 Å². The molecule has 0 atom stereocenters. The largest absolute Gasteiger partial charge is 0.467 e. The summed E-state index contributed by atoms with van der Waals surface area (Å²) in [6, 6.07) is 3.64. The maximum atomic E-state index is 11.5. The molecule has 110 valence electrons. The van der Waals surface area contributed by atoms with E-state index in [1.54, 1.807) is 18.4 Å². The zero-order valence-electron chi connectivity index (χ0n) is 12.3. The highest BCUT2D eigenvalue weighted by molar-refractivity contribution is 5.87. The lowest BCUT2D eigenvalue weighted by Crippen LogP contribution is -2.19. The van der Waals surface area contributed by atoms with Crippen LogP contribution < -0.4 is 5.32 Å². The number of amides is 1. The van der Waals surface area contributed by atoms with Crippen molar-refractivity contribution >= 4 is 5.91 Å². The highest BCUT2D eigenvalue weighted by atomic mass is 16.3. The van der Waals surface area contributed by atoms with Crippen molar-refractivity contribution in [2.75, 3.05) is 0 Å². The third-order valence-corrected chi connectivity index (χ3v) is 2.99. The Labute approximate surface area is 121 Å². The number of nitrogens with one attached hydrogen (secondary N) is 1. The Morgan fingerprint density at radius 1 is 1.25 bits per heavy atom. The molecule has 0 unspecified atom stereocenters. The minimum atomic E-state index is -0.103. The highest BCUT2D eigenvalue weighted by Crippen LogP contribution is 2.05. The van der Waals surface area contributed by atoms with Gasteiger partial charge in [-0.2, -0.15) is 0 Å². The number of rotatable bonds is 10. The van der Waals surface area contributed by atoms with Crippen LogP contribution in [-0.2, 0) is 11.3 Å². The predicted molar refractivity (Wildman–Crippen MR) is 82.2 cm³/mol. The summed E-state index contributed by atoms with van der Waals surface area (Å²) in [5, 5.41) is 2.76. The van der Waals surface area contributed by atoms with Crippen LogP contribution >= 0.6 is 0 Å². The maximum Gasteiger partial charge on any atom is 0.244 e. The van der Waals surface area contributed by atoms with Gasteiger partial charge in [0.1, 0.15) is 5.76 Å². The maximum absolute atomic E-state index is 11.5. The van der Waals surface area contributed by atoms with E-state index in [4.69, 9.17) is 4.42 Å². The Morgan fingerprint density at radius 3 is 2.85 bits per heavy atom. The van der Waals surface area contributed by atoms with Crippen molar-refractivity contribution in [3.63, 3.8) is 0 Å². The van der Waals surface area contributed by atoms with Crippen LogP contribution in [0.5, 0.6) is 0 Å². The van der Waals surface area contributed by atoms with E-state index >= 15 is 0 Å². The van der Waals surface area contributed by atoms with Crippen LogP contribution in [0.25, 0.3) is 0 Å². The van der Waals surface area contributed by atoms with Gasteiger partial charge < -0.3 is 9.73 Å². The molecule has 0 spiro atoms. The van der Waals surface area contributed by atoms with Crippen LogP contribution in [0.15, 0.2) is 47.1 Å². The Morgan fingerprint density at radius 2 is 2.10 bits per heavy atom. The van der Waals surface area contributed by atoms with Crippen LogP contribution in [0.1, 0.15) is 51.2 Å². The van der Waals surface area contributed by atoms with Gasteiger partial charge in [-0.05, 0) is 25.0 Å². The van der Waals surface area contributed by atoms with E-state index < -0.39 is 0 Å². The van der Waals surface area contributed by atoms with Crippen molar-refractivity contribution in [1.82, 2.24) is 5.32 Å². The van der Waals surface area contributed by atoms with Gasteiger partial charge in [0.15, 0.2) is 0 Å². The SMILES string of the molecule is CCCCCCC/C=C/C=C/C(=O)NCc1ccco1. The number of allylic oxidation sites excluding steroid dienone is 3. The smallest absolute Gasteiger partial charge is 0.244 e. The first-order chi connectivity index (χ1) is 9.83.